The molecule has 0 saturated heterocycles. The van der Waals surface area contributed by atoms with Crippen LogP contribution in [0, 0.1) is 17.4 Å². The van der Waals surface area contributed by atoms with Crippen LogP contribution in [0.25, 0.3) is 0 Å². The zero-order valence-corrected chi connectivity index (χ0v) is 12.1. The van der Waals surface area contributed by atoms with Crippen molar-refractivity contribution in [3.63, 3.8) is 0 Å². The molecule has 0 rings (SSSR count). The maximum atomic E-state index is 10.9. The smallest absolute Gasteiger partial charge is 0.304 e. The van der Waals surface area contributed by atoms with Crippen molar-refractivity contribution in [3.8, 4) is 11.5 Å². The molecule has 0 aromatic rings. The molecule has 0 bridgehead atoms. The fourth-order valence-corrected chi connectivity index (χ4v) is 1.48. The molecule has 0 radical (unpaired) electrons. The van der Waals surface area contributed by atoms with Crippen molar-refractivity contribution in [1.82, 2.24) is 0 Å². The molecule has 0 N–H and O–H groups in total. The van der Waals surface area contributed by atoms with Gasteiger partial charge in [0.1, 0.15) is 8.07 Å². The fourth-order valence-electron chi connectivity index (χ4n) is 0.906. The lowest BCUT2D eigenvalue weighted by atomic mass is 10.2. The Morgan fingerprint density at radius 1 is 1.25 bits per heavy atom. The third-order valence-corrected chi connectivity index (χ3v) is 2.45. The fraction of sp³-hybridized carbons (Fsp3) is 0.615. The Labute approximate surface area is 100 Å². The number of allylic oxidation sites excluding steroid dienone is 1. The van der Waals surface area contributed by atoms with E-state index in [0.29, 0.717) is 5.92 Å². The second kappa shape index (κ2) is 6.54. The summed E-state index contributed by atoms with van der Waals surface area (Å²) in [7, 11) is -1.41. The Morgan fingerprint density at radius 2 is 1.81 bits per heavy atom. The minimum absolute atomic E-state index is 0.289. The zero-order valence-electron chi connectivity index (χ0n) is 11.1. The molecule has 0 amide bonds. The summed E-state index contributed by atoms with van der Waals surface area (Å²) < 4.78 is 5.12. The van der Waals surface area contributed by atoms with Crippen LogP contribution in [-0.4, -0.2) is 20.1 Å². The Bertz CT molecular complexity index is 313. The quantitative estimate of drug-likeness (QED) is 0.327. The van der Waals surface area contributed by atoms with Gasteiger partial charge in [0.2, 0.25) is 0 Å². The van der Waals surface area contributed by atoms with Gasteiger partial charge in [-0.15, -0.1) is 5.54 Å². The van der Waals surface area contributed by atoms with E-state index < -0.39 is 14.2 Å². The third-order valence-electron chi connectivity index (χ3n) is 1.55. The van der Waals surface area contributed by atoms with Crippen molar-refractivity contribution >= 4 is 14.0 Å². The van der Waals surface area contributed by atoms with E-state index in [-0.39, 0.29) is 5.97 Å². The first-order valence-electron chi connectivity index (χ1n) is 5.59. The van der Waals surface area contributed by atoms with Gasteiger partial charge >= 0.3 is 5.97 Å². The van der Waals surface area contributed by atoms with Gasteiger partial charge in [-0.1, -0.05) is 45.5 Å². The van der Waals surface area contributed by atoms with E-state index in [4.69, 9.17) is 4.74 Å². The summed E-state index contributed by atoms with van der Waals surface area (Å²) in [6.45, 7) is 12.1. The second-order valence-corrected chi connectivity index (χ2v) is 9.93. The molecule has 0 aliphatic rings. The van der Waals surface area contributed by atoms with Crippen molar-refractivity contribution in [2.45, 2.75) is 46.5 Å². The van der Waals surface area contributed by atoms with Crippen LogP contribution < -0.4 is 0 Å². The molecule has 3 heteroatoms. The number of rotatable bonds is 3. The summed E-state index contributed by atoms with van der Waals surface area (Å²) in [6, 6.07) is 0. The van der Waals surface area contributed by atoms with Crippen LogP contribution in [0.5, 0.6) is 0 Å². The van der Waals surface area contributed by atoms with Crippen molar-refractivity contribution in [3.05, 3.63) is 12.2 Å². The molecular formula is C13H22O2Si. The zero-order chi connectivity index (χ0) is 12.8. The highest BCUT2D eigenvalue weighted by molar-refractivity contribution is 6.83. The molecular weight excluding hydrogens is 216 g/mol. The summed E-state index contributed by atoms with van der Waals surface area (Å²) in [5, 5.41) is 0. The lowest BCUT2D eigenvalue weighted by Crippen LogP contribution is -2.19. The summed E-state index contributed by atoms with van der Waals surface area (Å²) >= 11 is 0. The van der Waals surface area contributed by atoms with Crippen LogP contribution in [0.15, 0.2) is 12.2 Å². The molecule has 0 heterocycles. The van der Waals surface area contributed by atoms with Gasteiger partial charge in [-0.2, -0.15) is 0 Å². The first kappa shape index (κ1) is 15.0. The lowest BCUT2D eigenvalue weighted by Gasteiger charge is -2.09. The molecule has 0 fully saturated rings. The molecule has 0 saturated carbocycles. The van der Waals surface area contributed by atoms with Gasteiger partial charge in [0.05, 0.1) is 0 Å². The number of carbonyl (C=O) groups is 1. The van der Waals surface area contributed by atoms with Crippen LogP contribution in [0.1, 0.15) is 20.8 Å². The minimum atomic E-state index is -1.41. The summed E-state index contributed by atoms with van der Waals surface area (Å²) in [6.07, 6.45) is 3.47. The first-order chi connectivity index (χ1) is 7.20. The molecule has 0 aromatic carbocycles. The number of ether oxygens (including phenoxy) is 1. The van der Waals surface area contributed by atoms with E-state index >= 15 is 0 Å². The van der Waals surface area contributed by atoms with Gasteiger partial charge in [0.15, 0.2) is 6.10 Å². The number of carbonyl (C=O) groups excluding carboxylic acids is 1. The van der Waals surface area contributed by atoms with Crippen molar-refractivity contribution in [2.75, 3.05) is 0 Å². The highest BCUT2D eigenvalue weighted by Gasteiger charge is 2.10. The van der Waals surface area contributed by atoms with Gasteiger partial charge in [-0.25, -0.2) is 0 Å². The summed E-state index contributed by atoms with van der Waals surface area (Å²) in [5.41, 5.74) is 3.21. The maximum absolute atomic E-state index is 10.9. The highest BCUT2D eigenvalue weighted by atomic mass is 28.3. The molecule has 16 heavy (non-hydrogen) atoms. The second-order valence-electron chi connectivity index (χ2n) is 5.18. The van der Waals surface area contributed by atoms with Crippen molar-refractivity contribution < 1.29 is 9.53 Å². The van der Waals surface area contributed by atoms with Gasteiger partial charge < -0.3 is 4.74 Å². The van der Waals surface area contributed by atoms with Crippen LogP contribution in [0.2, 0.25) is 19.6 Å². The van der Waals surface area contributed by atoms with E-state index in [9.17, 15) is 4.79 Å². The lowest BCUT2D eigenvalue weighted by molar-refractivity contribution is -0.142. The molecule has 2 nitrogen and oxygen atoms in total. The SMILES string of the molecule is CC(=O)O[C@@H](C#C[Si](C)(C)C)/C=C/C(C)C. The molecule has 1 atom stereocenters. The number of hydrogen-bond acceptors (Lipinski definition) is 2. The third kappa shape index (κ3) is 9.54. The average molecular weight is 238 g/mol. The standard InChI is InChI=1S/C13H22O2Si/c1-11(2)7-8-13(15-12(3)14)9-10-16(4,5)6/h7-8,11,13H,1-6H3/b8-7+/t13-/m1/s1. The summed E-state index contributed by atoms with van der Waals surface area (Å²) in [4.78, 5) is 10.9. The Hall–Kier alpha value is -1.01. The normalized spacial score (nSPS) is 13.4. The van der Waals surface area contributed by atoms with Crippen LogP contribution >= 0.6 is 0 Å². The first-order valence-corrected chi connectivity index (χ1v) is 9.09. The average Bonchev–Trinajstić information content (AvgIpc) is 2.07. The molecule has 0 aliphatic carbocycles. The summed E-state index contributed by atoms with van der Waals surface area (Å²) in [5.74, 6) is 3.18. The number of esters is 1. The van der Waals surface area contributed by atoms with E-state index in [1.54, 1.807) is 0 Å². The van der Waals surface area contributed by atoms with E-state index in [0.717, 1.165) is 0 Å². The van der Waals surface area contributed by atoms with Crippen LogP contribution in [-0.2, 0) is 9.53 Å². The predicted molar refractivity (Wildman–Crippen MR) is 70.7 cm³/mol. The minimum Gasteiger partial charge on any atom is -0.445 e. The van der Waals surface area contributed by atoms with Crippen molar-refractivity contribution in [2.24, 2.45) is 5.92 Å². The molecule has 0 aliphatic heterocycles. The number of hydrogen-bond donors (Lipinski definition) is 0. The van der Waals surface area contributed by atoms with Gasteiger partial charge in [-0.3, -0.25) is 4.79 Å². The predicted octanol–water partition coefficient (Wildman–Crippen LogP) is 3.01. The van der Waals surface area contributed by atoms with Gasteiger partial charge in [0, 0.05) is 6.92 Å². The Kier molecular flexibility index (Phi) is 6.13. The highest BCUT2D eigenvalue weighted by Crippen LogP contribution is 2.02. The Balaban J connectivity index is 4.66. The van der Waals surface area contributed by atoms with E-state index in [2.05, 4.69) is 45.0 Å². The molecule has 90 valence electrons. The van der Waals surface area contributed by atoms with E-state index in [1.165, 1.54) is 6.92 Å². The van der Waals surface area contributed by atoms with Gasteiger partial charge in [-0.05, 0) is 12.0 Å². The molecule has 0 unspecified atom stereocenters. The topological polar surface area (TPSA) is 26.3 Å². The van der Waals surface area contributed by atoms with E-state index in [1.807, 2.05) is 12.2 Å². The maximum Gasteiger partial charge on any atom is 0.304 e. The molecule has 0 aromatic heterocycles. The Morgan fingerprint density at radius 3 is 2.19 bits per heavy atom. The van der Waals surface area contributed by atoms with Crippen molar-refractivity contribution in [1.29, 1.82) is 0 Å². The van der Waals surface area contributed by atoms with Crippen LogP contribution in [0.3, 0.4) is 0 Å². The monoisotopic (exact) mass is 238 g/mol. The largest absolute Gasteiger partial charge is 0.445 e. The van der Waals surface area contributed by atoms with Crippen LogP contribution in [0.4, 0.5) is 0 Å². The van der Waals surface area contributed by atoms with Gasteiger partial charge in [0.25, 0.3) is 0 Å². The molecule has 0 spiro atoms.